The largest absolute Gasteiger partial charge is 0.506 e. The van der Waals surface area contributed by atoms with E-state index in [0.717, 1.165) is 16.0 Å². The van der Waals surface area contributed by atoms with E-state index in [1.807, 2.05) is 19.9 Å². The van der Waals surface area contributed by atoms with E-state index in [0.29, 0.717) is 44.1 Å². The van der Waals surface area contributed by atoms with Crippen LogP contribution in [0.25, 0.3) is 11.4 Å². The van der Waals surface area contributed by atoms with Crippen LogP contribution in [0.5, 0.6) is 17.4 Å². The summed E-state index contributed by atoms with van der Waals surface area (Å²) < 4.78 is 2.84. The standard InChI is InChI=1S/2C17H15ClN4O2.Co/c1-11-6-7-16(23)15(8-11)19-20-17-12(2)10-21(22(17)24)14-5-3-4-13(18)9-14;1-10-6-7-15(23)14(8-10)19-20-16-11(2)21-22(17(16)24)13-5-3-4-12(18)9-13;/h3-10,24H,1-2H3;3-9,23-24H,1-2H3;/p+1. The van der Waals surface area contributed by atoms with Gasteiger partial charge in [0.05, 0.1) is 33.9 Å². The van der Waals surface area contributed by atoms with Gasteiger partial charge in [-0.3, -0.25) is 0 Å². The summed E-state index contributed by atoms with van der Waals surface area (Å²) in [4.78, 5) is 0.886. The van der Waals surface area contributed by atoms with E-state index in [2.05, 4.69) is 25.6 Å². The van der Waals surface area contributed by atoms with Crippen molar-refractivity contribution in [3.8, 4) is 28.8 Å². The summed E-state index contributed by atoms with van der Waals surface area (Å²) in [6, 6.07) is 24.1. The Morgan fingerprint density at radius 2 is 1.20 bits per heavy atom. The van der Waals surface area contributed by atoms with E-state index in [1.54, 1.807) is 98.9 Å². The Hall–Kier alpha value is -5.21. The van der Waals surface area contributed by atoms with Crippen LogP contribution in [-0.4, -0.2) is 35.0 Å². The molecule has 0 aliphatic carbocycles. The summed E-state index contributed by atoms with van der Waals surface area (Å²) in [5.41, 5.74) is 5.31. The number of halogens is 2. The zero-order chi connectivity index (χ0) is 34.5. The third-order valence-electron chi connectivity index (χ3n) is 6.96. The van der Waals surface area contributed by atoms with E-state index >= 15 is 0 Å². The van der Waals surface area contributed by atoms with Crippen molar-refractivity contribution in [1.82, 2.24) is 14.5 Å². The number of nitrogens with zero attached hydrogens (tertiary/aromatic N) is 8. The second-order valence-electron chi connectivity index (χ2n) is 10.8. The van der Waals surface area contributed by atoms with Crippen LogP contribution in [0.2, 0.25) is 10.0 Å². The van der Waals surface area contributed by atoms with E-state index in [1.165, 1.54) is 9.36 Å². The van der Waals surface area contributed by atoms with Crippen LogP contribution in [-0.2, 0) is 16.8 Å². The summed E-state index contributed by atoms with van der Waals surface area (Å²) >= 11 is 12.0. The molecule has 0 spiro atoms. The SMILES string of the molecule is Cc1ccc(O)c(N=Nc2c(C)cn(-c3cccc(Cl)c3)[n+]2O)c1.Cc1ccc(O)c(N=Nc2c(C)nn(-c3cccc(Cl)c3)c2O)c1.[Co]. The van der Waals surface area contributed by atoms with Gasteiger partial charge in [0.25, 0.3) is 0 Å². The molecule has 12 nitrogen and oxygen atoms in total. The van der Waals surface area contributed by atoms with E-state index < -0.39 is 0 Å². The number of phenols is 2. The van der Waals surface area contributed by atoms with Gasteiger partial charge >= 0.3 is 5.82 Å². The molecule has 0 amide bonds. The molecule has 6 aromatic rings. The second kappa shape index (κ2) is 15.8. The average molecular weight is 746 g/mol. The maximum absolute atomic E-state index is 10.4. The van der Waals surface area contributed by atoms with Crippen molar-refractivity contribution in [1.29, 1.82) is 0 Å². The normalized spacial score (nSPS) is 11.1. The molecule has 2 heterocycles. The van der Waals surface area contributed by atoms with Gasteiger partial charge in [-0.25, -0.2) is 0 Å². The Morgan fingerprint density at radius 3 is 1.78 bits per heavy atom. The number of phenolic OH excluding ortho intramolecular Hbond substituents is 2. The van der Waals surface area contributed by atoms with E-state index in [9.17, 15) is 20.5 Å². The molecule has 49 heavy (non-hydrogen) atoms. The predicted octanol–water partition coefficient (Wildman–Crippen LogP) is 9.36. The predicted molar refractivity (Wildman–Crippen MR) is 182 cm³/mol. The Bertz CT molecular complexity index is 2030. The molecule has 0 unspecified atom stereocenters. The van der Waals surface area contributed by atoms with Crippen molar-refractivity contribution in [2.45, 2.75) is 27.7 Å². The first kappa shape index (κ1) is 36.6. The maximum atomic E-state index is 10.4. The van der Waals surface area contributed by atoms with Crippen LogP contribution < -0.4 is 4.85 Å². The quantitative estimate of drug-likeness (QED) is 0.0759. The monoisotopic (exact) mass is 744 g/mol. The number of rotatable bonds is 6. The van der Waals surface area contributed by atoms with Crippen LogP contribution in [0.15, 0.2) is 112 Å². The van der Waals surface area contributed by atoms with E-state index in [4.69, 9.17) is 23.2 Å². The van der Waals surface area contributed by atoms with Gasteiger partial charge in [0.1, 0.15) is 17.2 Å². The zero-order valence-corrected chi connectivity index (χ0v) is 29.2. The molecule has 0 saturated heterocycles. The van der Waals surface area contributed by atoms with Crippen molar-refractivity contribution in [3.63, 3.8) is 0 Å². The Balaban J connectivity index is 0.000000216. The molecule has 0 bridgehead atoms. The fourth-order valence-electron chi connectivity index (χ4n) is 4.52. The van der Waals surface area contributed by atoms with Crippen molar-refractivity contribution in [2.75, 3.05) is 0 Å². The second-order valence-corrected chi connectivity index (χ2v) is 11.7. The average Bonchev–Trinajstić information content (AvgIpc) is 3.50. The van der Waals surface area contributed by atoms with Crippen LogP contribution in [0.4, 0.5) is 22.9 Å². The topological polar surface area (TPSA) is 157 Å². The van der Waals surface area contributed by atoms with Gasteiger partial charge in [0, 0.05) is 31.7 Å². The molecule has 0 atom stereocenters. The molecule has 4 aromatic carbocycles. The van der Waals surface area contributed by atoms with Gasteiger partial charge in [0.15, 0.2) is 11.4 Å². The number of azo groups is 2. The fraction of sp³-hybridized carbons (Fsp3) is 0.118. The number of hydrogen-bond acceptors (Lipinski definition) is 9. The first-order valence-corrected chi connectivity index (χ1v) is 15.2. The molecule has 0 fully saturated rings. The Kier molecular flexibility index (Phi) is 11.8. The van der Waals surface area contributed by atoms with Crippen molar-refractivity contribution in [2.24, 2.45) is 20.5 Å². The van der Waals surface area contributed by atoms with Crippen LogP contribution in [0.1, 0.15) is 22.4 Å². The van der Waals surface area contributed by atoms with E-state index in [-0.39, 0.29) is 45.7 Å². The molecule has 6 rings (SSSR count). The maximum Gasteiger partial charge on any atom is 0.414 e. The minimum Gasteiger partial charge on any atom is -0.506 e. The minimum atomic E-state index is -0.148. The van der Waals surface area contributed by atoms with Crippen molar-refractivity contribution in [3.05, 3.63) is 124 Å². The molecular formula is C34H31Cl2CoN8O4+. The molecule has 1 radical (unpaired) electrons. The Morgan fingerprint density at radius 1 is 0.673 bits per heavy atom. The van der Waals surface area contributed by atoms with Gasteiger partial charge in [-0.1, -0.05) is 47.5 Å². The first-order chi connectivity index (χ1) is 22.9. The van der Waals surface area contributed by atoms with Gasteiger partial charge in [-0.2, -0.15) is 14.5 Å². The zero-order valence-electron chi connectivity index (χ0n) is 26.6. The summed E-state index contributed by atoms with van der Waals surface area (Å²) in [5.74, 6) is 0.158. The fourth-order valence-corrected chi connectivity index (χ4v) is 4.89. The van der Waals surface area contributed by atoms with Crippen molar-refractivity contribution >= 4 is 46.1 Å². The number of aryl methyl sites for hydroxylation is 4. The number of hydrogen-bond donors (Lipinski definition) is 4. The van der Waals surface area contributed by atoms with Gasteiger partial charge in [0.2, 0.25) is 5.88 Å². The number of aromatic nitrogens is 4. The van der Waals surface area contributed by atoms with Gasteiger partial charge in [-0.05, 0) is 105 Å². The third kappa shape index (κ3) is 8.64. The minimum absolute atomic E-state index is 0. The third-order valence-corrected chi connectivity index (χ3v) is 7.44. The molecule has 4 N–H and O–H groups in total. The molecular weight excluding hydrogens is 714 g/mol. The smallest absolute Gasteiger partial charge is 0.414 e. The van der Waals surface area contributed by atoms with Crippen LogP contribution in [0.3, 0.4) is 0 Å². The summed E-state index contributed by atoms with van der Waals surface area (Å²) in [6.45, 7) is 7.30. The van der Waals surface area contributed by atoms with Gasteiger partial charge in [-0.15, -0.1) is 10.2 Å². The molecule has 15 heteroatoms. The van der Waals surface area contributed by atoms with Crippen molar-refractivity contribution < 1.29 is 42.2 Å². The first-order valence-electron chi connectivity index (χ1n) is 14.5. The summed E-state index contributed by atoms with van der Waals surface area (Å²) in [5, 5.41) is 61.9. The summed E-state index contributed by atoms with van der Waals surface area (Å²) in [7, 11) is 0. The molecule has 0 saturated carbocycles. The summed E-state index contributed by atoms with van der Waals surface area (Å²) in [6.07, 6.45) is 1.72. The molecule has 253 valence electrons. The molecule has 0 aliphatic rings. The Labute approximate surface area is 302 Å². The number of benzene rings is 4. The molecule has 2 aromatic heterocycles. The van der Waals surface area contributed by atoms with Gasteiger partial charge < -0.3 is 20.5 Å². The van der Waals surface area contributed by atoms with Crippen LogP contribution >= 0.6 is 23.2 Å². The molecule has 0 aliphatic heterocycles. The number of aromatic hydroxyl groups is 3. The van der Waals surface area contributed by atoms with Crippen LogP contribution in [0, 0.1) is 27.7 Å².